The van der Waals surface area contributed by atoms with Gasteiger partial charge in [0.15, 0.2) is 0 Å². The average Bonchev–Trinajstić information content (AvgIpc) is 2.61. The minimum atomic E-state index is -0.180. The average molecular weight is 316 g/mol. The van der Waals surface area contributed by atoms with E-state index in [9.17, 15) is 9.90 Å². The zero-order chi connectivity index (χ0) is 16.5. The minimum Gasteiger partial charge on any atom is -0.497 e. The third-order valence-corrected chi connectivity index (χ3v) is 4.02. The topological polar surface area (TPSA) is 70.9 Å². The minimum absolute atomic E-state index is 0.00144. The lowest BCUT2D eigenvalue weighted by Gasteiger charge is -2.20. The molecule has 1 aromatic rings. The quantitative estimate of drug-likeness (QED) is 0.461. The van der Waals surface area contributed by atoms with E-state index in [1.54, 1.807) is 13.3 Å². The van der Waals surface area contributed by atoms with Crippen LogP contribution in [0.3, 0.4) is 0 Å². The molecule has 0 aromatic heterocycles. The Kier molecular flexibility index (Phi) is 6.81. The molecule has 2 N–H and O–H groups in total. The third kappa shape index (κ3) is 5.53. The van der Waals surface area contributed by atoms with Crippen LogP contribution in [-0.2, 0) is 4.79 Å². The van der Waals surface area contributed by atoms with Crippen molar-refractivity contribution in [2.24, 2.45) is 11.0 Å². The van der Waals surface area contributed by atoms with Crippen LogP contribution in [0.1, 0.15) is 37.7 Å². The summed E-state index contributed by atoms with van der Waals surface area (Å²) in [5.74, 6) is 0.504. The number of amides is 1. The summed E-state index contributed by atoms with van der Waals surface area (Å²) >= 11 is 0. The molecule has 1 aromatic carbocycles. The van der Waals surface area contributed by atoms with Gasteiger partial charge >= 0.3 is 0 Å². The van der Waals surface area contributed by atoms with Crippen molar-refractivity contribution < 1.29 is 14.6 Å². The molecule has 0 bridgehead atoms. The van der Waals surface area contributed by atoms with Crippen LogP contribution in [0, 0.1) is 5.92 Å². The van der Waals surface area contributed by atoms with Crippen LogP contribution in [0.2, 0.25) is 0 Å². The SMILES string of the molecule is COc1ccc(/C=N/NC(=O)CC(CO)C2=CCCCC2)cc1. The molecule has 1 aliphatic carbocycles. The molecule has 2 rings (SSSR count). The van der Waals surface area contributed by atoms with Crippen LogP contribution in [0.4, 0.5) is 0 Å². The summed E-state index contributed by atoms with van der Waals surface area (Å²) in [6.07, 6.45) is 8.38. The molecule has 0 fully saturated rings. The molecule has 1 amide bonds. The number of allylic oxidation sites excluding steroid dienone is 1. The number of methoxy groups -OCH3 is 1. The lowest BCUT2D eigenvalue weighted by molar-refractivity contribution is -0.122. The third-order valence-electron chi connectivity index (χ3n) is 4.02. The first-order valence-corrected chi connectivity index (χ1v) is 7.98. The molecular weight excluding hydrogens is 292 g/mol. The number of nitrogens with one attached hydrogen (secondary N) is 1. The van der Waals surface area contributed by atoms with Crippen molar-refractivity contribution in [1.29, 1.82) is 0 Å². The first-order valence-electron chi connectivity index (χ1n) is 7.98. The number of hydrazone groups is 1. The number of carbonyl (C=O) groups excluding carboxylic acids is 1. The van der Waals surface area contributed by atoms with E-state index in [0.717, 1.165) is 30.6 Å². The van der Waals surface area contributed by atoms with Gasteiger partial charge in [0.2, 0.25) is 5.91 Å². The van der Waals surface area contributed by atoms with Crippen molar-refractivity contribution in [3.05, 3.63) is 41.5 Å². The second kappa shape index (κ2) is 9.10. The molecule has 0 heterocycles. The zero-order valence-electron chi connectivity index (χ0n) is 13.5. The van der Waals surface area contributed by atoms with Gasteiger partial charge in [-0.3, -0.25) is 4.79 Å². The van der Waals surface area contributed by atoms with Crippen molar-refractivity contribution in [3.63, 3.8) is 0 Å². The van der Waals surface area contributed by atoms with Crippen LogP contribution in [0.15, 0.2) is 41.0 Å². The Morgan fingerprint density at radius 2 is 2.17 bits per heavy atom. The first-order chi connectivity index (χ1) is 11.2. The molecule has 124 valence electrons. The Balaban J connectivity index is 1.83. The lowest BCUT2D eigenvalue weighted by Crippen LogP contribution is -2.24. The number of hydrogen-bond acceptors (Lipinski definition) is 4. The van der Waals surface area contributed by atoms with E-state index in [0.29, 0.717) is 0 Å². The Labute approximate surface area is 137 Å². The summed E-state index contributed by atoms with van der Waals surface area (Å²) in [7, 11) is 1.61. The van der Waals surface area contributed by atoms with Crippen molar-refractivity contribution in [2.45, 2.75) is 32.1 Å². The predicted molar refractivity (Wildman–Crippen MR) is 90.5 cm³/mol. The van der Waals surface area contributed by atoms with Crippen LogP contribution in [-0.4, -0.2) is 30.9 Å². The molecule has 0 spiro atoms. The number of nitrogens with zero attached hydrogens (tertiary/aromatic N) is 1. The largest absolute Gasteiger partial charge is 0.497 e. The van der Waals surface area contributed by atoms with E-state index < -0.39 is 0 Å². The number of aliphatic hydroxyl groups excluding tert-OH is 1. The highest BCUT2D eigenvalue weighted by Crippen LogP contribution is 2.26. The molecule has 5 nitrogen and oxygen atoms in total. The van der Waals surface area contributed by atoms with E-state index in [2.05, 4.69) is 16.6 Å². The van der Waals surface area contributed by atoms with Gasteiger partial charge in [-0.1, -0.05) is 11.6 Å². The molecule has 23 heavy (non-hydrogen) atoms. The number of aliphatic hydroxyl groups is 1. The maximum Gasteiger partial charge on any atom is 0.240 e. The van der Waals surface area contributed by atoms with E-state index in [-0.39, 0.29) is 24.9 Å². The highest BCUT2D eigenvalue weighted by Gasteiger charge is 2.18. The predicted octanol–water partition coefficient (Wildman–Crippen LogP) is 2.64. The molecule has 0 aliphatic heterocycles. The van der Waals surface area contributed by atoms with Crippen LogP contribution in [0.5, 0.6) is 5.75 Å². The van der Waals surface area contributed by atoms with E-state index in [4.69, 9.17) is 4.74 Å². The lowest BCUT2D eigenvalue weighted by atomic mass is 9.87. The fraction of sp³-hybridized carbons (Fsp3) is 0.444. The highest BCUT2D eigenvalue weighted by molar-refractivity contribution is 5.82. The number of rotatable bonds is 7. The van der Waals surface area contributed by atoms with Gasteiger partial charge < -0.3 is 9.84 Å². The molecular formula is C18H24N2O3. The summed E-state index contributed by atoms with van der Waals surface area (Å²) in [6.45, 7) is 0.00144. The fourth-order valence-electron chi connectivity index (χ4n) is 2.68. The Morgan fingerprint density at radius 3 is 2.78 bits per heavy atom. The second-order valence-corrected chi connectivity index (χ2v) is 5.67. The van der Waals surface area contributed by atoms with Crippen molar-refractivity contribution in [1.82, 2.24) is 5.43 Å². The van der Waals surface area contributed by atoms with Gasteiger partial charge in [0.25, 0.3) is 0 Å². The number of ether oxygens (including phenoxy) is 1. The van der Waals surface area contributed by atoms with Crippen LogP contribution in [0.25, 0.3) is 0 Å². The first kappa shape index (κ1) is 17.2. The Hall–Kier alpha value is -2.14. The van der Waals surface area contributed by atoms with E-state index in [1.165, 1.54) is 12.0 Å². The smallest absolute Gasteiger partial charge is 0.240 e. The normalized spacial score (nSPS) is 16.0. The maximum absolute atomic E-state index is 12.0. The monoisotopic (exact) mass is 316 g/mol. The van der Waals surface area contributed by atoms with E-state index >= 15 is 0 Å². The summed E-state index contributed by atoms with van der Waals surface area (Å²) in [5.41, 5.74) is 4.60. The summed E-state index contributed by atoms with van der Waals surface area (Å²) in [6, 6.07) is 7.39. The van der Waals surface area contributed by atoms with E-state index in [1.807, 2.05) is 24.3 Å². The van der Waals surface area contributed by atoms with Gasteiger partial charge in [-0.2, -0.15) is 5.10 Å². The van der Waals surface area contributed by atoms with Crippen molar-refractivity contribution in [2.75, 3.05) is 13.7 Å². The van der Waals surface area contributed by atoms with Gasteiger partial charge in [0.05, 0.1) is 19.9 Å². The molecule has 1 atom stereocenters. The van der Waals surface area contributed by atoms with Gasteiger partial charge in [-0.15, -0.1) is 0 Å². The standard InChI is InChI=1S/C18H24N2O3/c1-23-17-9-7-14(8-10-17)12-19-20-18(22)11-16(13-21)15-5-3-2-4-6-15/h5,7-10,12,16,21H,2-4,6,11,13H2,1H3,(H,20,22)/b19-12+. The molecule has 0 saturated carbocycles. The molecule has 1 aliphatic rings. The Morgan fingerprint density at radius 1 is 1.39 bits per heavy atom. The fourth-order valence-corrected chi connectivity index (χ4v) is 2.68. The highest BCUT2D eigenvalue weighted by atomic mass is 16.5. The molecule has 1 unspecified atom stereocenters. The van der Waals surface area contributed by atoms with Gasteiger partial charge in [0.1, 0.15) is 5.75 Å². The van der Waals surface area contributed by atoms with Crippen LogP contribution >= 0.6 is 0 Å². The van der Waals surface area contributed by atoms with Gasteiger partial charge in [-0.25, -0.2) is 5.43 Å². The Bertz CT molecular complexity index is 564. The summed E-state index contributed by atoms with van der Waals surface area (Å²) in [5, 5.41) is 13.5. The van der Waals surface area contributed by atoms with Gasteiger partial charge in [-0.05, 0) is 55.5 Å². The number of hydrogen-bond donors (Lipinski definition) is 2. The van der Waals surface area contributed by atoms with Crippen LogP contribution < -0.4 is 10.2 Å². The summed E-state index contributed by atoms with van der Waals surface area (Å²) < 4.78 is 5.08. The maximum atomic E-state index is 12.0. The zero-order valence-corrected chi connectivity index (χ0v) is 13.5. The van der Waals surface area contributed by atoms with Crippen molar-refractivity contribution in [3.8, 4) is 5.75 Å². The number of carbonyl (C=O) groups is 1. The molecule has 0 radical (unpaired) electrons. The van der Waals surface area contributed by atoms with Crippen molar-refractivity contribution >= 4 is 12.1 Å². The molecule has 0 saturated heterocycles. The molecule has 5 heteroatoms. The number of benzene rings is 1. The summed E-state index contributed by atoms with van der Waals surface area (Å²) in [4.78, 5) is 12.0. The second-order valence-electron chi connectivity index (χ2n) is 5.67. The van der Waals surface area contributed by atoms with Gasteiger partial charge in [0, 0.05) is 12.3 Å².